The van der Waals surface area contributed by atoms with Crippen LogP contribution in [0.4, 0.5) is 0 Å². The third-order valence-corrected chi connectivity index (χ3v) is 0.954. The standard InChI is InChI=1S/C6H15N.C2H6O2/c1-3-5-7-6-4-2;3-1-2-4/h7H,3-6H2,1-2H3;3-4H,1-2H2. The Morgan fingerprint density at radius 3 is 1.45 bits per heavy atom. The van der Waals surface area contributed by atoms with Gasteiger partial charge < -0.3 is 15.5 Å². The second kappa shape index (κ2) is 16.5. The highest BCUT2D eigenvalue weighted by molar-refractivity contribution is 4.39. The molecule has 0 saturated carbocycles. The molecule has 0 aliphatic heterocycles. The first-order valence-corrected chi connectivity index (χ1v) is 4.25. The highest BCUT2D eigenvalue weighted by atomic mass is 16.3. The van der Waals surface area contributed by atoms with E-state index in [1.807, 2.05) is 0 Å². The fraction of sp³-hybridized carbons (Fsp3) is 1.00. The van der Waals surface area contributed by atoms with Gasteiger partial charge in [-0.2, -0.15) is 0 Å². The Kier molecular flexibility index (Phi) is 20.2. The lowest BCUT2D eigenvalue weighted by atomic mass is 10.4. The fourth-order valence-electron chi connectivity index (χ4n) is 0.479. The van der Waals surface area contributed by atoms with E-state index in [1.54, 1.807) is 0 Å². The zero-order valence-corrected chi connectivity index (χ0v) is 7.64. The molecule has 3 nitrogen and oxygen atoms in total. The molecule has 3 heteroatoms. The lowest BCUT2D eigenvalue weighted by molar-refractivity contribution is 0.186. The maximum atomic E-state index is 7.62. The van der Waals surface area contributed by atoms with Crippen LogP contribution in [-0.4, -0.2) is 36.5 Å². The summed E-state index contributed by atoms with van der Waals surface area (Å²) >= 11 is 0. The van der Waals surface area contributed by atoms with Gasteiger partial charge in [0.1, 0.15) is 0 Å². The summed E-state index contributed by atoms with van der Waals surface area (Å²) in [6.45, 7) is 6.47. The molecule has 0 rings (SSSR count). The Balaban J connectivity index is 0. The average molecular weight is 163 g/mol. The average Bonchev–Trinajstić information content (AvgIpc) is 2.06. The lowest BCUT2D eigenvalue weighted by Crippen LogP contribution is -2.14. The maximum Gasteiger partial charge on any atom is 0.0662 e. The van der Waals surface area contributed by atoms with Crippen molar-refractivity contribution in [2.24, 2.45) is 0 Å². The quantitative estimate of drug-likeness (QED) is 0.513. The molecule has 11 heavy (non-hydrogen) atoms. The van der Waals surface area contributed by atoms with E-state index in [1.165, 1.54) is 25.9 Å². The van der Waals surface area contributed by atoms with Gasteiger partial charge in [-0.05, 0) is 25.9 Å². The molecule has 70 valence electrons. The van der Waals surface area contributed by atoms with Crippen molar-refractivity contribution in [1.82, 2.24) is 5.32 Å². The van der Waals surface area contributed by atoms with Crippen LogP contribution in [-0.2, 0) is 0 Å². The van der Waals surface area contributed by atoms with Gasteiger partial charge in [0.15, 0.2) is 0 Å². The first-order valence-electron chi connectivity index (χ1n) is 4.25. The van der Waals surface area contributed by atoms with Crippen molar-refractivity contribution in [2.75, 3.05) is 26.3 Å². The molecule has 0 amide bonds. The third kappa shape index (κ3) is 25.8. The Hall–Kier alpha value is -0.120. The van der Waals surface area contributed by atoms with E-state index >= 15 is 0 Å². The smallest absolute Gasteiger partial charge is 0.0662 e. The summed E-state index contributed by atoms with van der Waals surface area (Å²) < 4.78 is 0. The highest BCUT2D eigenvalue weighted by Gasteiger charge is 1.76. The van der Waals surface area contributed by atoms with Gasteiger partial charge in [0.05, 0.1) is 13.2 Å². The molecule has 0 fully saturated rings. The van der Waals surface area contributed by atoms with Gasteiger partial charge in [-0.15, -0.1) is 0 Å². The zero-order chi connectivity index (χ0) is 8.95. The molecular formula is C8H21NO2. The molecule has 0 unspecified atom stereocenters. The van der Waals surface area contributed by atoms with Crippen molar-refractivity contribution in [2.45, 2.75) is 26.7 Å². The maximum absolute atomic E-state index is 7.62. The number of hydrogen-bond acceptors (Lipinski definition) is 3. The zero-order valence-electron chi connectivity index (χ0n) is 7.64. The van der Waals surface area contributed by atoms with E-state index in [-0.39, 0.29) is 13.2 Å². The molecule has 0 aromatic carbocycles. The number of aliphatic hydroxyl groups excluding tert-OH is 2. The lowest BCUT2D eigenvalue weighted by Gasteiger charge is -1.95. The molecule has 0 saturated heterocycles. The molecule has 0 radical (unpaired) electrons. The van der Waals surface area contributed by atoms with Crippen LogP contribution in [0.15, 0.2) is 0 Å². The summed E-state index contributed by atoms with van der Waals surface area (Å²) in [6.07, 6.45) is 2.50. The highest BCUT2D eigenvalue weighted by Crippen LogP contribution is 1.71. The molecule has 0 aromatic heterocycles. The second-order valence-electron chi connectivity index (χ2n) is 2.20. The van der Waals surface area contributed by atoms with Gasteiger partial charge in [-0.1, -0.05) is 13.8 Å². The molecule has 3 N–H and O–H groups in total. The summed E-state index contributed by atoms with van der Waals surface area (Å²) in [5, 5.41) is 18.5. The fourth-order valence-corrected chi connectivity index (χ4v) is 0.479. The Labute approximate surface area is 69.4 Å². The SMILES string of the molecule is CCCNCCC.OCCO. The van der Waals surface area contributed by atoms with Crippen molar-refractivity contribution in [1.29, 1.82) is 0 Å². The molecule has 0 aliphatic carbocycles. The largest absolute Gasteiger partial charge is 0.394 e. The van der Waals surface area contributed by atoms with Crippen molar-refractivity contribution in [3.8, 4) is 0 Å². The summed E-state index contributed by atoms with van der Waals surface area (Å²) in [5.41, 5.74) is 0. The van der Waals surface area contributed by atoms with Crippen LogP contribution in [0, 0.1) is 0 Å². The molecule has 0 aliphatic rings. The monoisotopic (exact) mass is 163 g/mol. The van der Waals surface area contributed by atoms with E-state index in [0.717, 1.165) is 0 Å². The van der Waals surface area contributed by atoms with Crippen LogP contribution in [0.5, 0.6) is 0 Å². The van der Waals surface area contributed by atoms with Crippen LogP contribution in [0.25, 0.3) is 0 Å². The van der Waals surface area contributed by atoms with E-state index in [9.17, 15) is 0 Å². The number of hydrogen-bond donors (Lipinski definition) is 3. The molecule has 0 bridgehead atoms. The predicted molar refractivity (Wildman–Crippen MR) is 47.6 cm³/mol. The normalized spacial score (nSPS) is 8.73. The van der Waals surface area contributed by atoms with Gasteiger partial charge in [0.25, 0.3) is 0 Å². The summed E-state index contributed by atoms with van der Waals surface area (Å²) in [5.74, 6) is 0. The number of rotatable bonds is 5. The first-order chi connectivity index (χ1) is 5.33. The van der Waals surface area contributed by atoms with Crippen molar-refractivity contribution in [3.63, 3.8) is 0 Å². The first kappa shape index (κ1) is 13.5. The molecular weight excluding hydrogens is 142 g/mol. The van der Waals surface area contributed by atoms with Crippen LogP contribution in [0.2, 0.25) is 0 Å². The second-order valence-corrected chi connectivity index (χ2v) is 2.20. The van der Waals surface area contributed by atoms with Crippen LogP contribution in [0.1, 0.15) is 26.7 Å². The van der Waals surface area contributed by atoms with E-state index in [0.29, 0.717) is 0 Å². The Morgan fingerprint density at radius 1 is 0.909 bits per heavy atom. The van der Waals surface area contributed by atoms with Crippen LogP contribution >= 0.6 is 0 Å². The minimum atomic E-state index is -0.125. The van der Waals surface area contributed by atoms with Crippen molar-refractivity contribution in [3.05, 3.63) is 0 Å². The predicted octanol–water partition coefficient (Wildman–Crippen LogP) is 0.367. The van der Waals surface area contributed by atoms with E-state index in [4.69, 9.17) is 10.2 Å². The molecule has 0 spiro atoms. The topological polar surface area (TPSA) is 52.5 Å². The molecule has 0 atom stereocenters. The third-order valence-electron chi connectivity index (χ3n) is 0.954. The number of aliphatic hydroxyl groups is 2. The van der Waals surface area contributed by atoms with E-state index < -0.39 is 0 Å². The van der Waals surface area contributed by atoms with Gasteiger partial charge in [-0.25, -0.2) is 0 Å². The minimum Gasteiger partial charge on any atom is -0.394 e. The van der Waals surface area contributed by atoms with E-state index in [2.05, 4.69) is 19.2 Å². The van der Waals surface area contributed by atoms with Crippen LogP contribution < -0.4 is 5.32 Å². The summed E-state index contributed by atoms with van der Waals surface area (Å²) in [6, 6.07) is 0. The minimum absolute atomic E-state index is 0.125. The summed E-state index contributed by atoms with van der Waals surface area (Å²) in [7, 11) is 0. The molecule has 0 aromatic rings. The molecule has 0 heterocycles. The van der Waals surface area contributed by atoms with Crippen molar-refractivity contribution >= 4 is 0 Å². The van der Waals surface area contributed by atoms with Crippen LogP contribution in [0.3, 0.4) is 0 Å². The Bertz CT molecular complexity index is 45.4. The van der Waals surface area contributed by atoms with Crippen molar-refractivity contribution < 1.29 is 10.2 Å². The van der Waals surface area contributed by atoms with Gasteiger partial charge in [0, 0.05) is 0 Å². The summed E-state index contributed by atoms with van der Waals surface area (Å²) in [4.78, 5) is 0. The van der Waals surface area contributed by atoms with Gasteiger partial charge in [-0.3, -0.25) is 0 Å². The Morgan fingerprint density at radius 2 is 1.27 bits per heavy atom. The van der Waals surface area contributed by atoms with Gasteiger partial charge >= 0.3 is 0 Å². The number of nitrogens with one attached hydrogen (secondary N) is 1. The van der Waals surface area contributed by atoms with Gasteiger partial charge in [0.2, 0.25) is 0 Å².